The number of aromatic nitrogens is 2. The van der Waals surface area contributed by atoms with Gasteiger partial charge in [0.25, 0.3) is 0 Å². The van der Waals surface area contributed by atoms with Crippen molar-refractivity contribution in [2.24, 2.45) is 0 Å². The maximum absolute atomic E-state index is 4.37. The van der Waals surface area contributed by atoms with E-state index in [4.69, 9.17) is 0 Å². The average molecular weight is 311 g/mol. The second kappa shape index (κ2) is 6.97. The number of hydrogen-bond acceptors (Lipinski definition) is 3. The van der Waals surface area contributed by atoms with Crippen molar-refractivity contribution in [3.63, 3.8) is 0 Å². The second-order valence-electron chi connectivity index (χ2n) is 3.79. The zero-order valence-electron chi connectivity index (χ0n) is 9.60. The van der Waals surface area contributed by atoms with Gasteiger partial charge in [-0.15, -0.1) is 11.8 Å². The number of hydrogen-bond donors (Lipinski definition) is 0. The van der Waals surface area contributed by atoms with E-state index in [9.17, 15) is 0 Å². The van der Waals surface area contributed by atoms with Gasteiger partial charge < -0.3 is 0 Å². The number of fused-ring (bicyclic) bond motifs is 1. The third-order valence-corrected chi connectivity index (χ3v) is 4.18. The standard InChI is InChI=1S/C13H15BrN2S/c14-8-4-1-5-9-17-13-11-6-2-3-7-12(11)15-10-16-13/h2-3,6-7,10H,1,4-5,8-9H2. The van der Waals surface area contributed by atoms with Gasteiger partial charge in [-0.1, -0.05) is 40.5 Å². The minimum absolute atomic E-state index is 1.03. The molecule has 0 atom stereocenters. The summed E-state index contributed by atoms with van der Waals surface area (Å²) in [6, 6.07) is 8.18. The monoisotopic (exact) mass is 310 g/mol. The summed E-state index contributed by atoms with van der Waals surface area (Å²) < 4.78 is 0. The van der Waals surface area contributed by atoms with Gasteiger partial charge in [0, 0.05) is 10.7 Å². The molecular weight excluding hydrogens is 296 g/mol. The van der Waals surface area contributed by atoms with E-state index in [1.807, 2.05) is 30.0 Å². The first-order valence-electron chi connectivity index (χ1n) is 5.80. The molecule has 0 amide bonds. The third-order valence-electron chi connectivity index (χ3n) is 2.52. The zero-order valence-corrected chi connectivity index (χ0v) is 12.0. The molecule has 0 unspecified atom stereocenters. The highest BCUT2D eigenvalue weighted by molar-refractivity contribution is 9.09. The summed E-state index contributed by atoms with van der Waals surface area (Å²) in [5.74, 6) is 1.13. The fourth-order valence-corrected chi connectivity index (χ4v) is 3.03. The van der Waals surface area contributed by atoms with Crippen molar-refractivity contribution in [2.75, 3.05) is 11.1 Å². The SMILES string of the molecule is BrCCCCCSc1ncnc2ccccc12. The minimum Gasteiger partial charge on any atom is -0.236 e. The summed E-state index contributed by atoms with van der Waals surface area (Å²) in [5.41, 5.74) is 1.03. The molecule has 2 rings (SSSR count). The van der Waals surface area contributed by atoms with Crippen LogP contribution in [0.25, 0.3) is 10.9 Å². The minimum atomic E-state index is 1.03. The predicted octanol–water partition coefficient (Wildman–Crippen LogP) is 4.29. The number of halogens is 1. The van der Waals surface area contributed by atoms with E-state index >= 15 is 0 Å². The molecule has 1 aromatic carbocycles. The number of rotatable bonds is 6. The van der Waals surface area contributed by atoms with Crippen LogP contribution in [0.2, 0.25) is 0 Å². The first-order valence-corrected chi connectivity index (χ1v) is 7.91. The lowest BCUT2D eigenvalue weighted by atomic mass is 10.2. The van der Waals surface area contributed by atoms with Crippen LogP contribution in [0.3, 0.4) is 0 Å². The van der Waals surface area contributed by atoms with Crippen molar-refractivity contribution < 1.29 is 0 Å². The average Bonchev–Trinajstić information content (AvgIpc) is 2.39. The number of para-hydroxylation sites is 1. The third kappa shape index (κ3) is 3.68. The summed E-state index contributed by atoms with van der Waals surface area (Å²) in [6.45, 7) is 0. The van der Waals surface area contributed by atoms with Crippen LogP contribution in [0.5, 0.6) is 0 Å². The molecule has 0 N–H and O–H groups in total. The summed E-state index contributed by atoms with van der Waals surface area (Å²) in [4.78, 5) is 8.64. The van der Waals surface area contributed by atoms with Crippen LogP contribution in [0, 0.1) is 0 Å². The van der Waals surface area contributed by atoms with Gasteiger partial charge in [0.15, 0.2) is 0 Å². The van der Waals surface area contributed by atoms with E-state index < -0.39 is 0 Å². The van der Waals surface area contributed by atoms with Crippen molar-refractivity contribution in [1.29, 1.82) is 0 Å². The summed E-state index contributed by atoms with van der Waals surface area (Å²) in [5, 5.41) is 3.38. The first-order chi connectivity index (χ1) is 8.42. The highest BCUT2D eigenvalue weighted by atomic mass is 79.9. The smallest absolute Gasteiger partial charge is 0.117 e. The second-order valence-corrected chi connectivity index (χ2v) is 5.67. The molecule has 0 saturated heterocycles. The number of thioether (sulfide) groups is 1. The molecule has 0 aliphatic heterocycles. The van der Waals surface area contributed by atoms with Crippen LogP contribution in [-0.4, -0.2) is 21.1 Å². The predicted molar refractivity (Wildman–Crippen MR) is 77.9 cm³/mol. The maximum Gasteiger partial charge on any atom is 0.117 e. The molecule has 2 nitrogen and oxygen atoms in total. The normalized spacial score (nSPS) is 10.9. The van der Waals surface area contributed by atoms with Crippen molar-refractivity contribution in [1.82, 2.24) is 9.97 Å². The van der Waals surface area contributed by atoms with Gasteiger partial charge in [0.1, 0.15) is 11.4 Å². The largest absolute Gasteiger partial charge is 0.236 e. The molecule has 0 spiro atoms. The highest BCUT2D eigenvalue weighted by Crippen LogP contribution is 2.24. The van der Waals surface area contributed by atoms with Crippen molar-refractivity contribution in [3.05, 3.63) is 30.6 Å². The topological polar surface area (TPSA) is 25.8 Å². The molecule has 2 aromatic rings. The first kappa shape index (κ1) is 12.8. The summed E-state index contributed by atoms with van der Waals surface area (Å²) >= 11 is 5.29. The van der Waals surface area contributed by atoms with Gasteiger partial charge in [-0.3, -0.25) is 0 Å². The number of alkyl halides is 1. The molecule has 1 aromatic heterocycles. The lowest BCUT2D eigenvalue weighted by Crippen LogP contribution is -1.88. The summed E-state index contributed by atoms with van der Waals surface area (Å²) in [6.07, 6.45) is 5.43. The molecule has 4 heteroatoms. The van der Waals surface area contributed by atoms with Crippen molar-refractivity contribution in [3.8, 4) is 0 Å². The number of nitrogens with zero attached hydrogens (tertiary/aromatic N) is 2. The Morgan fingerprint density at radius 3 is 2.82 bits per heavy atom. The van der Waals surface area contributed by atoms with E-state index in [1.54, 1.807) is 6.33 Å². The molecule has 0 radical (unpaired) electrons. The fourth-order valence-electron chi connectivity index (χ4n) is 1.64. The Labute approximate surface area is 114 Å². The molecule has 0 bridgehead atoms. The van der Waals surface area contributed by atoms with Gasteiger partial charge in [-0.25, -0.2) is 9.97 Å². The van der Waals surface area contributed by atoms with Crippen LogP contribution in [0.15, 0.2) is 35.6 Å². The van der Waals surface area contributed by atoms with Crippen LogP contribution in [0.4, 0.5) is 0 Å². The van der Waals surface area contributed by atoms with E-state index in [2.05, 4.69) is 32.0 Å². The van der Waals surface area contributed by atoms with E-state index in [0.717, 1.165) is 21.6 Å². The number of benzene rings is 1. The maximum atomic E-state index is 4.37. The van der Waals surface area contributed by atoms with Crippen LogP contribution >= 0.6 is 27.7 Å². The van der Waals surface area contributed by atoms with Crippen LogP contribution < -0.4 is 0 Å². The van der Waals surface area contributed by atoms with E-state index in [-0.39, 0.29) is 0 Å². The lowest BCUT2D eigenvalue weighted by Gasteiger charge is -2.04. The van der Waals surface area contributed by atoms with Crippen LogP contribution in [0.1, 0.15) is 19.3 Å². The lowest BCUT2D eigenvalue weighted by molar-refractivity contribution is 0.788. The molecule has 0 fully saturated rings. The zero-order chi connectivity index (χ0) is 11.9. The van der Waals surface area contributed by atoms with Gasteiger partial charge in [-0.2, -0.15) is 0 Å². The molecule has 17 heavy (non-hydrogen) atoms. The van der Waals surface area contributed by atoms with Crippen LogP contribution in [-0.2, 0) is 0 Å². The molecule has 0 saturated carbocycles. The molecule has 90 valence electrons. The Kier molecular flexibility index (Phi) is 5.26. The van der Waals surface area contributed by atoms with Crippen molar-refractivity contribution in [2.45, 2.75) is 24.3 Å². The highest BCUT2D eigenvalue weighted by Gasteiger charge is 2.02. The Bertz CT molecular complexity index is 470. The molecular formula is C13H15BrN2S. The molecule has 1 heterocycles. The Hall–Kier alpha value is -0.610. The van der Waals surface area contributed by atoms with Crippen molar-refractivity contribution >= 4 is 38.6 Å². The van der Waals surface area contributed by atoms with E-state index in [1.165, 1.54) is 24.6 Å². The molecule has 0 aliphatic rings. The fraction of sp³-hybridized carbons (Fsp3) is 0.385. The van der Waals surface area contributed by atoms with Gasteiger partial charge in [0.2, 0.25) is 0 Å². The van der Waals surface area contributed by atoms with Gasteiger partial charge in [-0.05, 0) is 24.7 Å². The Morgan fingerprint density at radius 2 is 1.94 bits per heavy atom. The summed E-state index contributed by atoms with van der Waals surface area (Å²) in [7, 11) is 0. The number of unbranched alkanes of at least 4 members (excludes halogenated alkanes) is 2. The van der Waals surface area contributed by atoms with Gasteiger partial charge >= 0.3 is 0 Å². The van der Waals surface area contributed by atoms with E-state index in [0.29, 0.717) is 0 Å². The molecule has 0 aliphatic carbocycles. The quantitative estimate of drug-likeness (QED) is 0.344. The Morgan fingerprint density at radius 1 is 1.06 bits per heavy atom. The van der Waals surface area contributed by atoms with Gasteiger partial charge in [0.05, 0.1) is 5.52 Å². The Balaban J connectivity index is 1.98.